The van der Waals surface area contributed by atoms with Gasteiger partial charge in [0, 0.05) is 31.8 Å². The molecular weight excluding hydrogens is 351 g/mol. The first-order valence-electron chi connectivity index (χ1n) is 8.83. The van der Waals surface area contributed by atoms with Crippen LogP contribution in [-0.2, 0) is 0 Å². The molecule has 2 fully saturated rings. The standard InChI is InChI=1S/C18H24F3NO4/c19-13-7-12(8-14(20)16(13)21)26-11-18(25)10-22(6-3-15(18)23)9-17(24)4-1-2-5-17/h7-8,15,23-25H,1-6,9-11H2/t15-,18-/m0/s1. The van der Waals surface area contributed by atoms with Crippen molar-refractivity contribution < 1.29 is 33.2 Å². The van der Waals surface area contributed by atoms with Crippen LogP contribution in [0.5, 0.6) is 5.75 Å². The fraction of sp³-hybridized carbons (Fsp3) is 0.667. The van der Waals surface area contributed by atoms with Gasteiger partial charge in [-0.1, -0.05) is 12.8 Å². The third-order valence-corrected chi connectivity index (χ3v) is 5.33. The van der Waals surface area contributed by atoms with Gasteiger partial charge in [-0.2, -0.15) is 0 Å². The number of ether oxygens (including phenoxy) is 1. The highest BCUT2D eigenvalue weighted by atomic mass is 19.2. The Morgan fingerprint density at radius 3 is 2.35 bits per heavy atom. The molecule has 3 rings (SSSR count). The Kier molecular flexibility index (Phi) is 5.48. The average Bonchev–Trinajstić information content (AvgIpc) is 3.00. The molecule has 1 aliphatic carbocycles. The van der Waals surface area contributed by atoms with Crippen molar-refractivity contribution in [1.29, 1.82) is 0 Å². The van der Waals surface area contributed by atoms with Gasteiger partial charge >= 0.3 is 0 Å². The molecular formula is C18H24F3NO4. The molecule has 3 N–H and O–H groups in total. The second-order valence-corrected chi connectivity index (χ2v) is 7.54. The van der Waals surface area contributed by atoms with Crippen LogP contribution in [-0.4, -0.2) is 63.8 Å². The van der Waals surface area contributed by atoms with Gasteiger partial charge in [-0.05, 0) is 19.3 Å². The van der Waals surface area contributed by atoms with E-state index in [2.05, 4.69) is 0 Å². The van der Waals surface area contributed by atoms with Crippen molar-refractivity contribution in [3.8, 4) is 5.75 Å². The lowest BCUT2D eigenvalue weighted by Crippen LogP contribution is -2.61. The maximum Gasteiger partial charge on any atom is 0.194 e. The van der Waals surface area contributed by atoms with Crippen LogP contribution < -0.4 is 4.74 Å². The van der Waals surface area contributed by atoms with E-state index in [1.54, 1.807) is 0 Å². The third kappa shape index (κ3) is 4.14. The number of aliphatic hydroxyl groups excluding tert-OH is 1. The van der Waals surface area contributed by atoms with E-state index in [0.717, 1.165) is 12.8 Å². The van der Waals surface area contributed by atoms with Crippen molar-refractivity contribution in [2.24, 2.45) is 0 Å². The molecule has 146 valence electrons. The molecule has 0 radical (unpaired) electrons. The van der Waals surface area contributed by atoms with Crippen LogP contribution in [0.15, 0.2) is 12.1 Å². The highest BCUT2D eigenvalue weighted by Gasteiger charge is 2.44. The quantitative estimate of drug-likeness (QED) is 0.682. The van der Waals surface area contributed by atoms with E-state index in [0.29, 0.717) is 38.1 Å². The van der Waals surface area contributed by atoms with Crippen molar-refractivity contribution in [2.45, 2.75) is 49.4 Å². The van der Waals surface area contributed by atoms with Crippen molar-refractivity contribution in [1.82, 2.24) is 4.90 Å². The molecule has 2 aliphatic rings. The van der Waals surface area contributed by atoms with Crippen LogP contribution in [0.3, 0.4) is 0 Å². The van der Waals surface area contributed by atoms with E-state index in [1.165, 1.54) is 0 Å². The van der Waals surface area contributed by atoms with E-state index < -0.39 is 41.4 Å². The van der Waals surface area contributed by atoms with Crippen molar-refractivity contribution in [2.75, 3.05) is 26.2 Å². The fourth-order valence-corrected chi connectivity index (χ4v) is 3.85. The number of aliphatic hydroxyl groups is 3. The molecule has 1 aromatic carbocycles. The van der Waals surface area contributed by atoms with Gasteiger partial charge < -0.3 is 20.1 Å². The van der Waals surface area contributed by atoms with E-state index in [-0.39, 0.29) is 18.7 Å². The van der Waals surface area contributed by atoms with E-state index >= 15 is 0 Å². The molecule has 2 atom stereocenters. The predicted molar refractivity (Wildman–Crippen MR) is 87.2 cm³/mol. The highest BCUT2D eigenvalue weighted by molar-refractivity contribution is 5.25. The SMILES string of the molecule is O[C@H]1CCN(CC2(O)CCCC2)C[C@]1(O)COc1cc(F)c(F)c(F)c1. The number of nitrogens with zero attached hydrogens (tertiary/aromatic N) is 1. The van der Waals surface area contributed by atoms with Gasteiger partial charge in [-0.25, -0.2) is 13.2 Å². The second-order valence-electron chi connectivity index (χ2n) is 7.54. The van der Waals surface area contributed by atoms with Gasteiger partial charge in [-0.3, -0.25) is 4.90 Å². The Balaban J connectivity index is 1.64. The van der Waals surface area contributed by atoms with Crippen LogP contribution in [0.4, 0.5) is 13.2 Å². The Bertz CT molecular complexity index is 630. The topological polar surface area (TPSA) is 73.2 Å². The summed E-state index contributed by atoms with van der Waals surface area (Å²) in [6, 6.07) is 1.38. The van der Waals surface area contributed by atoms with Crippen molar-refractivity contribution in [3.63, 3.8) is 0 Å². The van der Waals surface area contributed by atoms with Crippen molar-refractivity contribution in [3.05, 3.63) is 29.6 Å². The molecule has 1 saturated heterocycles. The summed E-state index contributed by atoms with van der Waals surface area (Å²) in [5.74, 6) is -4.64. The summed E-state index contributed by atoms with van der Waals surface area (Å²) in [6.07, 6.45) is 2.53. The number of benzene rings is 1. The summed E-state index contributed by atoms with van der Waals surface area (Å²) in [5, 5.41) is 31.5. The smallest absolute Gasteiger partial charge is 0.194 e. The van der Waals surface area contributed by atoms with Crippen LogP contribution >= 0.6 is 0 Å². The molecule has 0 unspecified atom stereocenters. The van der Waals surface area contributed by atoms with Crippen LogP contribution in [0.2, 0.25) is 0 Å². The Labute approximate surface area is 150 Å². The number of piperidine rings is 1. The monoisotopic (exact) mass is 375 g/mol. The number of β-amino-alcohol motifs (C(OH)–C–C–N with tert-alkyl or cyclic N) is 2. The van der Waals surface area contributed by atoms with E-state index in [1.807, 2.05) is 4.90 Å². The van der Waals surface area contributed by atoms with E-state index in [4.69, 9.17) is 4.74 Å². The number of hydrogen-bond acceptors (Lipinski definition) is 5. The summed E-state index contributed by atoms with van der Waals surface area (Å²) < 4.78 is 44.8. The fourth-order valence-electron chi connectivity index (χ4n) is 3.85. The van der Waals surface area contributed by atoms with Gasteiger partial charge in [-0.15, -0.1) is 0 Å². The minimum Gasteiger partial charge on any atom is -0.490 e. The predicted octanol–water partition coefficient (Wildman–Crippen LogP) is 1.59. The number of hydrogen-bond donors (Lipinski definition) is 3. The molecule has 8 heteroatoms. The zero-order valence-corrected chi connectivity index (χ0v) is 14.4. The third-order valence-electron chi connectivity index (χ3n) is 5.33. The van der Waals surface area contributed by atoms with E-state index in [9.17, 15) is 28.5 Å². The van der Waals surface area contributed by atoms with Crippen LogP contribution in [0.25, 0.3) is 0 Å². The minimum atomic E-state index is -1.66. The summed E-state index contributed by atoms with van der Waals surface area (Å²) >= 11 is 0. The molecule has 0 amide bonds. The van der Waals surface area contributed by atoms with Gasteiger partial charge in [0.15, 0.2) is 17.5 Å². The maximum absolute atomic E-state index is 13.3. The largest absolute Gasteiger partial charge is 0.490 e. The molecule has 26 heavy (non-hydrogen) atoms. The Morgan fingerprint density at radius 1 is 1.12 bits per heavy atom. The second kappa shape index (κ2) is 7.34. The lowest BCUT2D eigenvalue weighted by atomic mass is 9.89. The van der Waals surface area contributed by atoms with Gasteiger partial charge in [0.2, 0.25) is 0 Å². The molecule has 1 aliphatic heterocycles. The normalized spacial score (nSPS) is 29.1. The zero-order valence-electron chi connectivity index (χ0n) is 14.4. The number of halogens is 3. The van der Waals surface area contributed by atoms with Crippen molar-refractivity contribution >= 4 is 0 Å². The Hall–Kier alpha value is -1.35. The average molecular weight is 375 g/mol. The summed E-state index contributed by atoms with van der Waals surface area (Å²) in [7, 11) is 0. The van der Waals surface area contributed by atoms with Gasteiger partial charge in [0.05, 0.1) is 11.7 Å². The number of rotatable bonds is 5. The van der Waals surface area contributed by atoms with Gasteiger partial charge in [0.1, 0.15) is 18.0 Å². The zero-order chi connectivity index (χ0) is 18.9. The molecule has 0 spiro atoms. The summed E-state index contributed by atoms with van der Waals surface area (Å²) in [5.41, 5.74) is -2.44. The van der Waals surface area contributed by atoms with Crippen LogP contribution in [0, 0.1) is 17.5 Å². The van der Waals surface area contributed by atoms with Gasteiger partial charge in [0.25, 0.3) is 0 Å². The highest BCUT2D eigenvalue weighted by Crippen LogP contribution is 2.32. The Morgan fingerprint density at radius 2 is 1.73 bits per heavy atom. The first-order chi connectivity index (χ1) is 12.2. The lowest BCUT2D eigenvalue weighted by Gasteiger charge is -2.44. The summed E-state index contributed by atoms with van der Waals surface area (Å²) in [4.78, 5) is 1.87. The molecule has 1 aromatic rings. The molecule has 1 saturated carbocycles. The first-order valence-corrected chi connectivity index (χ1v) is 8.83. The molecule has 0 bridgehead atoms. The number of likely N-dealkylation sites (tertiary alicyclic amines) is 1. The van der Waals surface area contributed by atoms with Crippen LogP contribution in [0.1, 0.15) is 32.1 Å². The molecule has 1 heterocycles. The minimum absolute atomic E-state index is 0.0582. The lowest BCUT2D eigenvalue weighted by molar-refractivity contribution is -0.147. The first kappa shape index (κ1) is 19.4. The summed E-state index contributed by atoms with van der Waals surface area (Å²) in [6.45, 7) is 0.559. The molecule has 5 nitrogen and oxygen atoms in total. The maximum atomic E-state index is 13.3. The molecule has 0 aromatic heterocycles.